The third-order valence-corrected chi connectivity index (χ3v) is 2.67. The second-order valence-electron chi connectivity index (χ2n) is 4.44. The number of carboxylic acid groups (broad SMARTS) is 1. The van der Waals surface area contributed by atoms with Crippen molar-refractivity contribution in [2.24, 2.45) is 11.3 Å². The van der Waals surface area contributed by atoms with Crippen LogP contribution in [0.25, 0.3) is 0 Å². The van der Waals surface area contributed by atoms with Gasteiger partial charge in [0.15, 0.2) is 0 Å². The molecular weight excluding hydrogens is 166 g/mol. The molecule has 1 saturated carbocycles. The highest BCUT2D eigenvalue weighted by Gasteiger charge is 2.49. The highest BCUT2D eigenvalue weighted by Crippen LogP contribution is 2.45. The van der Waals surface area contributed by atoms with Crippen LogP contribution in [0, 0.1) is 11.3 Å². The first-order valence-electron chi connectivity index (χ1n) is 5.01. The monoisotopic (exact) mass is 185 g/mol. The number of carboxylic acids is 1. The van der Waals surface area contributed by atoms with Crippen molar-refractivity contribution in [2.45, 2.75) is 33.1 Å². The van der Waals surface area contributed by atoms with Crippen LogP contribution in [0.4, 0.5) is 0 Å². The van der Waals surface area contributed by atoms with Gasteiger partial charge in [-0.25, -0.2) is 0 Å². The van der Waals surface area contributed by atoms with Crippen molar-refractivity contribution in [1.82, 2.24) is 5.32 Å². The maximum Gasteiger partial charge on any atom is 0.310 e. The Labute approximate surface area is 79.5 Å². The molecule has 76 valence electrons. The van der Waals surface area contributed by atoms with E-state index in [4.69, 9.17) is 5.11 Å². The Morgan fingerprint density at radius 3 is 2.54 bits per heavy atom. The SMILES string of the molecule is CC(C)CCNCC1(C(=O)O)CC1. The molecule has 0 amide bonds. The number of aliphatic carboxylic acids is 1. The predicted octanol–water partition coefficient (Wildman–Crippen LogP) is 1.49. The molecular formula is C10H19NO2. The molecule has 1 aliphatic rings. The molecule has 3 heteroatoms. The molecule has 0 radical (unpaired) electrons. The first kappa shape index (κ1) is 10.5. The molecule has 0 atom stereocenters. The van der Waals surface area contributed by atoms with Crippen molar-refractivity contribution in [2.75, 3.05) is 13.1 Å². The molecule has 2 N–H and O–H groups in total. The van der Waals surface area contributed by atoms with Gasteiger partial charge in [-0.3, -0.25) is 4.79 Å². The van der Waals surface area contributed by atoms with Crippen molar-refractivity contribution in [3.8, 4) is 0 Å². The third-order valence-electron chi connectivity index (χ3n) is 2.67. The lowest BCUT2D eigenvalue weighted by Crippen LogP contribution is -2.30. The fourth-order valence-corrected chi connectivity index (χ4v) is 1.34. The van der Waals surface area contributed by atoms with Gasteiger partial charge in [-0.2, -0.15) is 0 Å². The highest BCUT2D eigenvalue weighted by atomic mass is 16.4. The van der Waals surface area contributed by atoms with Crippen LogP contribution in [0.15, 0.2) is 0 Å². The van der Waals surface area contributed by atoms with Gasteiger partial charge >= 0.3 is 5.97 Å². The first-order chi connectivity index (χ1) is 6.07. The van der Waals surface area contributed by atoms with E-state index >= 15 is 0 Å². The maximum absolute atomic E-state index is 10.8. The van der Waals surface area contributed by atoms with Gasteiger partial charge in [0.1, 0.15) is 0 Å². The van der Waals surface area contributed by atoms with Crippen LogP contribution in [-0.2, 0) is 4.79 Å². The minimum Gasteiger partial charge on any atom is -0.481 e. The molecule has 1 rings (SSSR count). The summed E-state index contributed by atoms with van der Waals surface area (Å²) in [7, 11) is 0. The zero-order chi connectivity index (χ0) is 9.90. The van der Waals surface area contributed by atoms with E-state index < -0.39 is 11.4 Å². The van der Waals surface area contributed by atoms with Gasteiger partial charge in [0, 0.05) is 6.54 Å². The Morgan fingerprint density at radius 1 is 1.54 bits per heavy atom. The highest BCUT2D eigenvalue weighted by molar-refractivity contribution is 5.78. The topological polar surface area (TPSA) is 49.3 Å². The number of hydrogen-bond acceptors (Lipinski definition) is 2. The maximum atomic E-state index is 10.8. The normalized spacial score (nSPS) is 19.0. The van der Waals surface area contributed by atoms with Gasteiger partial charge in [-0.05, 0) is 31.7 Å². The Balaban J connectivity index is 2.09. The number of carbonyl (C=O) groups is 1. The van der Waals surface area contributed by atoms with Gasteiger partial charge < -0.3 is 10.4 Å². The summed E-state index contributed by atoms with van der Waals surface area (Å²) < 4.78 is 0. The number of rotatable bonds is 6. The lowest BCUT2D eigenvalue weighted by atomic mass is 10.1. The zero-order valence-corrected chi connectivity index (χ0v) is 8.47. The predicted molar refractivity (Wildman–Crippen MR) is 51.6 cm³/mol. The fourth-order valence-electron chi connectivity index (χ4n) is 1.34. The van der Waals surface area contributed by atoms with E-state index in [9.17, 15) is 4.79 Å². The largest absolute Gasteiger partial charge is 0.481 e. The average Bonchev–Trinajstić information content (AvgIpc) is 2.78. The zero-order valence-electron chi connectivity index (χ0n) is 8.47. The van der Waals surface area contributed by atoms with E-state index in [-0.39, 0.29) is 0 Å². The Kier molecular flexibility index (Phi) is 3.31. The Hall–Kier alpha value is -0.570. The molecule has 0 aliphatic heterocycles. The fraction of sp³-hybridized carbons (Fsp3) is 0.900. The Bertz CT molecular complexity index is 185. The second-order valence-corrected chi connectivity index (χ2v) is 4.44. The van der Waals surface area contributed by atoms with E-state index in [1.54, 1.807) is 0 Å². The van der Waals surface area contributed by atoms with E-state index in [0.717, 1.165) is 25.8 Å². The van der Waals surface area contributed by atoms with Crippen LogP contribution in [0.5, 0.6) is 0 Å². The quantitative estimate of drug-likeness (QED) is 0.616. The molecule has 0 bridgehead atoms. The number of nitrogens with one attached hydrogen (secondary N) is 1. The number of hydrogen-bond donors (Lipinski definition) is 2. The summed E-state index contributed by atoms with van der Waals surface area (Å²) in [5.74, 6) is 0.0528. The molecule has 0 heterocycles. The Morgan fingerprint density at radius 2 is 2.15 bits per heavy atom. The van der Waals surface area contributed by atoms with Crippen molar-refractivity contribution >= 4 is 5.97 Å². The summed E-state index contributed by atoms with van der Waals surface area (Å²) in [5, 5.41) is 12.1. The van der Waals surface area contributed by atoms with E-state index in [1.165, 1.54) is 0 Å². The average molecular weight is 185 g/mol. The smallest absolute Gasteiger partial charge is 0.310 e. The van der Waals surface area contributed by atoms with Crippen LogP contribution in [0.2, 0.25) is 0 Å². The van der Waals surface area contributed by atoms with Crippen LogP contribution >= 0.6 is 0 Å². The lowest BCUT2D eigenvalue weighted by molar-refractivity contribution is -0.143. The standard InChI is InChI=1S/C10H19NO2/c1-8(2)3-6-11-7-10(4-5-10)9(12)13/h8,11H,3-7H2,1-2H3,(H,12,13). The molecule has 0 spiro atoms. The van der Waals surface area contributed by atoms with Gasteiger partial charge in [-0.15, -0.1) is 0 Å². The van der Waals surface area contributed by atoms with Gasteiger partial charge in [0.2, 0.25) is 0 Å². The van der Waals surface area contributed by atoms with E-state index in [1.807, 2.05) is 0 Å². The molecule has 0 unspecified atom stereocenters. The molecule has 0 aromatic carbocycles. The molecule has 0 aromatic rings. The summed E-state index contributed by atoms with van der Waals surface area (Å²) >= 11 is 0. The molecule has 1 fully saturated rings. The van der Waals surface area contributed by atoms with Gasteiger partial charge in [-0.1, -0.05) is 13.8 Å². The van der Waals surface area contributed by atoms with Crippen LogP contribution < -0.4 is 5.32 Å². The molecule has 0 aromatic heterocycles. The van der Waals surface area contributed by atoms with Crippen LogP contribution in [0.1, 0.15) is 33.1 Å². The summed E-state index contributed by atoms with van der Waals surface area (Å²) in [6.45, 7) is 5.93. The van der Waals surface area contributed by atoms with Gasteiger partial charge in [0.25, 0.3) is 0 Å². The minimum absolute atomic E-state index is 0.406. The van der Waals surface area contributed by atoms with E-state index in [0.29, 0.717) is 12.5 Å². The van der Waals surface area contributed by atoms with Crippen molar-refractivity contribution < 1.29 is 9.90 Å². The molecule has 1 aliphatic carbocycles. The molecule has 13 heavy (non-hydrogen) atoms. The van der Waals surface area contributed by atoms with Crippen molar-refractivity contribution in [3.05, 3.63) is 0 Å². The summed E-state index contributed by atoms with van der Waals surface area (Å²) in [5.41, 5.74) is -0.406. The third kappa shape index (κ3) is 2.99. The molecule has 3 nitrogen and oxygen atoms in total. The van der Waals surface area contributed by atoms with Gasteiger partial charge in [0.05, 0.1) is 5.41 Å². The first-order valence-corrected chi connectivity index (χ1v) is 5.01. The summed E-state index contributed by atoms with van der Waals surface area (Å²) in [4.78, 5) is 10.8. The van der Waals surface area contributed by atoms with Crippen molar-refractivity contribution in [1.29, 1.82) is 0 Å². The minimum atomic E-state index is -0.635. The van der Waals surface area contributed by atoms with E-state index in [2.05, 4.69) is 19.2 Å². The summed E-state index contributed by atoms with van der Waals surface area (Å²) in [6.07, 6.45) is 2.81. The van der Waals surface area contributed by atoms with Crippen molar-refractivity contribution in [3.63, 3.8) is 0 Å². The lowest BCUT2D eigenvalue weighted by Gasteiger charge is -2.11. The summed E-state index contributed by atoms with van der Waals surface area (Å²) in [6, 6.07) is 0. The second kappa shape index (κ2) is 4.09. The molecule has 0 saturated heterocycles. The van der Waals surface area contributed by atoms with Crippen LogP contribution in [0.3, 0.4) is 0 Å². The van der Waals surface area contributed by atoms with Crippen LogP contribution in [-0.4, -0.2) is 24.2 Å².